The minimum Gasteiger partial charge on any atom is -0.320 e. The number of nitrogens with zero attached hydrogens (tertiary/aromatic N) is 2. The summed E-state index contributed by atoms with van der Waals surface area (Å²) in [5, 5.41) is 4.15. The van der Waals surface area contributed by atoms with E-state index in [4.69, 9.17) is 5.73 Å². The summed E-state index contributed by atoms with van der Waals surface area (Å²) in [6, 6.07) is 6.12. The van der Waals surface area contributed by atoms with Gasteiger partial charge in [0.05, 0.1) is 12.2 Å². The van der Waals surface area contributed by atoms with E-state index >= 15 is 0 Å². The van der Waals surface area contributed by atoms with Crippen molar-refractivity contribution in [1.29, 1.82) is 0 Å². The number of aryl methyl sites for hydroxylation is 2. The second kappa shape index (κ2) is 4.55. The van der Waals surface area contributed by atoms with E-state index in [2.05, 4.69) is 46.7 Å². The summed E-state index contributed by atoms with van der Waals surface area (Å²) < 4.78 is 3.01. The molecule has 0 saturated carbocycles. The van der Waals surface area contributed by atoms with Crippen LogP contribution in [0.5, 0.6) is 0 Å². The summed E-state index contributed by atoms with van der Waals surface area (Å²) in [6.07, 6.45) is 3.78. The Bertz CT molecular complexity index is 505. The minimum absolute atomic E-state index is 0.0968. The number of aromatic nitrogens is 2. The van der Waals surface area contributed by atoms with Crippen LogP contribution in [0.4, 0.5) is 0 Å². The van der Waals surface area contributed by atoms with Gasteiger partial charge in [-0.1, -0.05) is 18.2 Å². The third kappa shape index (κ3) is 2.12. The molecule has 84 valence electrons. The van der Waals surface area contributed by atoms with Crippen molar-refractivity contribution in [3.05, 3.63) is 50.9 Å². The van der Waals surface area contributed by atoms with Crippen molar-refractivity contribution in [3.8, 4) is 0 Å². The van der Waals surface area contributed by atoms with Crippen molar-refractivity contribution < 1.29 is 0 Å². The number of nitrogens with two attached hydrogens (primary N) is 1. The van der Waals surface area contributed by atoms with Gasteiger partial charge in [0.2, 0.25) is 0 Å². The Balaban J connectivity index is 2.41. The largest absolute Gasteiger partial charge is 0.320 e. The van der Waals surface area contributed by atoms with Crippen LogP contribution >= 0.6 is 22.6 Å². The fourth-order valence-electron chi connectivity index (χ4n) is 1.69. The molecule has 0 amide bonds. The molecular formula is C12H14IN3. The van der Waals surface area contributed by atoms with Gasteiger partial charge in [-0.3, -0.25) is 4.68 Å². The average molecular weight is 327 g/mol. The van der Waals surface area contributed by atoms with Crippen LogP contribution < -0.4 is 5.73 Å². The zero-order valence-corrected chi connectivity index (χ0v) is 11.5. The van der Waals surface area contributed by atoms with Crippen LogP contribution in [0.25, 0.3) is 0 Å². The predicted octanol–water partition coefficient (Wildman–Crippen LogP) is 2.38. The lowest BCUT2D eigenvalue weighted by Gasteiger charge is -2.13. The Labute approximate surface area is 109 Å². The third-order valence-corrected chi connectivity index (χ3v) is 4.11. The second-order valence-electron chi connectivity index (χ2n) is 3.90. The van der Waals surface area contributed by atoms with Crippen LogP contribution in [0, 0.1) is 10.5 Å². The first-order valence-corrected chi connectivity index (χ1v) is 6.16. The molecule has 0 spiro atoms. The topological polar surface area (TPSA) is 43.8 Å². The Hall–Kier alpha value is -0.880. The van der Waals surface area contributed by atoms with Crippen molar-refractivity contribution in [2.24, 2.45) is 12.8 Å². The van der Waals surface area contributed by atoms with Crippen LogP contribution in [0.15, 0.2) is 30.6 Å². The summed E-state index contributed by atoms with van der Waals surface area (Å²) in [5.41, 5.74) is 9.71. The molecule has 2 aromatic rings. The highest BCUT2D eigenvalue weighted by atomic mass is 127. The maximum atomic E-state index is 6.24. The molecule has 0 fully saturated rings. The van der Waals surface area contributed by atoms with Crippen LogP contribution in [-0.4, -0.2) is 9.78 Å². The van der Waals surface area contributed by atoms with E-state index in [0.29, 0.717) is 0 Å². The lowest BCUT2D eigenvalue weighted by Crippen LogP contribution is -2.13. The third-order valence-electron chi connectivity index (χ3n) is 2.64. The normalized spacial score (nSPS) is 12.8. The Morgan fingerprint density at radius 1 is 1.44 bits per heavy atom. The van der Waals surface area contributed by atoms with E-state index < -0.39 is 0 Å². The first-order valence-electron chi connectivity index (χ1n) is 5.08. The molecule has 0 radical (unpaired) electrons. The van der Waals surface area contributed by atoms with E-state index in [1.165, 1.54) is 9.13 Å². The van der Waals surface area contributed by atoms with Gasteiger partial charge in [-0.25, -0.2) is 0 Å². The van der Waals surface area contributed by atoms with Crippen LogP contribution in [-0.2, 0) is 7.05 Å². The first kappa shape index (κ1) is 11.6. The first-order chi connectivity index (χ1) is 7.59. The van der Waals surface area contributed by atoms with Gasteiger partial charge in [0.1, 0.15) is 0 Å². The van der Waals surface area contributed by atoms with E-state index in [-0.39, 0.29) is 6.04 Å². The summed E-state index contributed by atoms with van der Waals surface area (Å²) in [7, 11) is 1.90. The van der Waals surface area contributed by atoms with E-state index in [0.717, 1.165) is 11.1 Å². The zero-order chi connectivity index (χ0) is 11.7. The van der Waals surface area contributed by atoms with Gasteiger partial charge >= 0.3 is 0 Å². The molecule has 1 heterocycles. The number of rotatable bonds is 2. The standard InChI is InChI=1S/C12H14IN3/c1-8-4-3-5-10(11(8)13)12(14)9-6-15-16(2)7-9/h3-7,12H,14H2,1-2H3. The molecule has 4 heteroatoms. The van der Waals surface area contributed by atoms with Crippen LogP contribution in [0.3, 0.4) is 0 Å². The van der Waals surface area contributed by atoms with E-state index in [9.17, 15) is 0 Å². The van der Waals surface area contributed by atoms with E-state index in [1.807, 2.05) is 25.5 Å². The molecule has 2 N–H and O–H groups in total. The molecular weight excluding hydrogens is 313 g/mol. The minimum atomic E-state index is -0.0968. The van der Waals surface area contributed by atoms with Crippen molar-refractivity contribution in [1.82, 2.24) is 9.78 Å². The van der Waals surface area contributed by atoms with Crippen LogP contribution in [0.2, 0.25) is 0 Å². The Kier molecular flexibility index (Phi) is 3.30. The number of halogens is 1. The van der Waals surface area contributed by atoms with Gasteiger partial charge in [0.25, 0.3) is 0 Å². The molecule has 2 rings (SSSR count). The molecule has 0 saturated heterocycles. The van der Waals surface area contributed by atoms with Gasteiger partial charge in [0, 0.05) is 22.4 Å². The fourth-order valence-corrected chi connectivity index (χ4v) is 2.39. The van der Waals surface area contributed by atoms with Crippen molar-refractivity contribution in [3.63, 3.8) is 0 Å². The molecule has 1 aromatic heterocycles. The molecule has 0 aliphatic heterocycles. The van der Waals surface area contributed by atoms with Crippen molar-refractivity contribution >= 4 is 22.6 Å². The average Bonchev–Trinajstić information content (AvgIpc) is 2.68. The molecule has 1 aromatic carbocycles. The molecule has 0 bridgehead atoms. The predicted molar refractivity (Wildman–Crippen MR) is 73.1 cm³/mol. The molecule has 16 heavy (non-hydrogen) atoms. The van der Waals surface area contributed by atoms with Gasteiger partial charge in [0.15, 0.2) is 0 Å². The number of hydrogen-bond donors (Lipinski definition) is 1. The Morgan fingerprint density at radius 3 is 2.81 bits per heavy atom. The molecule has 1 unspecified atom stereocenters. The lowest BCUT2D eigenvalue weighted by atomic mass is 10.0. The molecule has 0 aliphatic rings. The lowest BCUT2D eigenvalue weighted by molar-refractivity contribution is 0.765. The van der Waals surface area contributed by atoms with E-state index in [1.54, 1.807) is 4.68 Å². The maximum Gasteiger partial charge on any atom is 0.0593 e. The second-order valence-corrected chi connectivity index (χ2v) is 4.98. The monoisotopic (exact) mass is 327 g/mol. The van der Waals surface area contributed by atoms with Crippen LogP contribution in [0.1, 0.15) is 22.7 Å². The summed E-state index contributed by atoms with van der Waals surface area (Å²) >= 11 is 2.35. The summed E-state index contributed by atoms with van der Waals surface area (Å²) in [6.45, 7) is 2.10. The molecule has 1 atom stereocenters. The smallest absolute Gasteiger partial charge is 0.0593 e. The van der Waals surface area contributed by atoms with Crippen molar-refractivity contribution in [2.45, 2.75) is 13.0 Å². The SMILES string of the molecule is Cc1cccc(C(N)c2cnn(C)c2)c1I. The Morgan fingerprint density at radius 2 is 2.19 bits per heavy atom. The molecule has 3 nitrogen and oxygen atoms in total. The van der Waals surface area contributed by atoms with Gasteiger partial charge < -0.3 is 5.73 Å². The highest BCUT2D eigenvalue weighted by Crippen LogP contribution is 2.25. The number of benzene rings is 1. The maximum absolute atomic E-state index is 6.24. The summed E-state index contributed by atoms with van der Waals surface area (Å²) in [4.78, 5) is 0. The summed E-state index contributed by atoms with van der Waals surface area (Å²) in [5.74, 6) is 0. The highest BCUT2D eigenvalue weighted by molar-refractivity contribution is 14.1. The van der Waals surface area contributed by atoms with Gasteiger partial charge in [-0.2, -0.15) is 5.10 Å². The quantitative estimate of drug-likeness (QED) is 0.861. The van der Waals surface area contributed by atoms with Gasteiger partial charge in [-0.15, -0.1) is 0 Å². The zero-order valence-electron chi connectivity index (χ0n) is 9.31. The van der Waals surface area contributed by atoms with Gasteiger partial charge in [-0.05, 0) is 40.6 Å². The van der Waals surface area contributed by atoms with Crippen molar-refractivity contribution in [2.75, 3.05) is 0 Å². The highest BCUT2D eigenvalue weighted by Gasteiger charge is 2.14. The molecule has 0 aliphatic carbocycles. The fraction of sp³-hybridized carbons (Fsp3) is 0.250. The number of hydrogen-bond acceptors (Lipinski definition) is 2.